The summed E-state index contributed by atoms with van der Waals surface area (Å²) in [6, 6.07) is 11.6. The quantitative estimate of drug-likeness (QED) is 0.841. The smallest absolute Gasteiger partial charge is 0.271 e. The van der Waals surface area contributed by atoms with Gasteiger partial charge in [0.25, 0.3) is 5.91 Å². The average Bonchev–Trinajstić information content (AvgIpc) is 3.20. The van der Waals surface area contributed by atoms with Crippen molar-refractivity contribution >= 4 is 11.8 Å². The van der Waals surface area contributed by atoms with E-state index in [1.54, 1.807) is 6.07 Å². The van der Waals surface area contributed by atoms with E-state index in [0.717, 1.165) is 24.3 Å². The fourth-order valence-corrected chi connectivity index (χ4v) is 3.34. The number of hydrogen-bond acceptors (Lipinski definition) is 4. The van der Waals surface area contributed by atoms with Gasteiger partial charge in [-0.25, -0.2) is 0 Å². The number of likely N-dealkylation sites (N-methyl/N-ethyl adjacent to an activating group) is 1. The highest BCUT2D eigenvalue weighted by atomic mass is 16.2. The number of H-pyrrole nitrogens is 1. The number of rotatable bonds is 6. The fraction of sp³-hybridized carbons (Fsp3) is 0.450. The molecule has 1 fully saturated rings. The Morgan fingerprint density at radius 2 is 1.74 bits per heavy atom. The molecule has 7 heteroatoms. The third-order valence-corrected chi connectivity index (χ3v) is 5.01. The van der Waals surface area contributed by atoms with E-state index in [2.05, 4.69) is 15.1 Å². The van der Waals surface area contributed by atoms with Crippen molar-refractivity contribution in [1.82, 2.24) is 24.9 Å². The van der Waals surface area contributed by atoms with Crippen LogP contribution < -0.4 is 0 Å². The van der Waals surface area contributed by atoms with Crippen molar-refractivity contribution in [3.63, 3.8) is 0 Å². The summed E-state index contributed by atoms with van der Waals surface area (Å²) in [4.78, 5) is 30.8. The number of benzene rings is 1. The molecular formula is C20H27N5O2. The average molecular weight is 369 g/mol. The van der Waals surface area contributed by atoms with Gasteiger partial charge in [0, 0.05) is 44.8 Å². The topological polar surface area (TPSA) is 72.5 Å². The molecule has 0 atom stereocenters. The first kappa shape index (κ1) is 19.1. The zero-order chi connectivity index (χ0) is 19.2. The van der Waals surface area contributed by atoms with E-state index in [1.165, 1.54) is 0 Å². The summed E-state index contributed by atoms with van der Waals surface area (Å²) in [5.74, 6) is 0.111. The van der Waals surface area contributed by atoms with E-state index in [4.69, 9.17) is 0 Å². The molecule has 0 bridgehead atoms. The van der Waals surface area contributed by atoms with Crippen LogP contribution in [0, 0.1) is 0 Å². The maximum atomic E-state index is 12.7. The summed E-state index contributed by atoms with van der Waals surface area (Å²) in [7, 11) is 0. The lowest BCUT2D eigenvalue weighted by Gasteiger charge is -2.35. The van der Waals surface area contributed by atoms with Gasteiger partial charge in [-0.3, -0.25) is 19.6 Å². The largest absolute Gasteiger partial charge is 0.342 e. The molecule has 1 N–H and O–H groups in total. The van der Waals surface area contributed by atoms with E-state index in [1.807, 2.05) is 54.0 Å². The molecule has 2 heterocycles. The summed E-state index contributed by atoms with van der Waals surface area (Å²) >= 11 is 0. The minimum Gasteiger partial charge on any atom is -0.342 e. The molecule has 144 valence electrons. The number of hydrogen-bond donors (Lipinski definition) is 1. The molecule has 0 saturated carbocycles. The summed E-state index contributed by atoms with van der Waals surface area (Å²) in [6.45, 7) is 8.52. The van der Waals surface area contributed by atoms with Crippen LogP contribution in [-0.2, 0) is 4.79 Å². The van der Waals surface area contributed by atoms with Gasteiger partial charge in [-0.1, -0.05) is 30.3 Å². The summed E-state index contributed by atoms with van der Waals surface area (Å²) in [5, 5.41) is 7.12. The second-order valence-electron chi connectivity index (χ2n) is 6.67. The molecule has 27 heavy (non-hydrogen) atoms. The Balaban J connectivity index is 1.55. The Morgan fingerprint density at radius 3 is 2.37 bits per heavy atom. The van der Waals surface area contributed by atoms with Gasteiger partial charge in [0.2, 0.25) is 5.91 Å². The molecule has 2 amide bonds. The Labute approximate surface area is 159 Å². The van der Waals surface area contributed by atoms with Crippen molar-refractivity contribution in [2.75, 3.05) is 45.8 Å². The van der Waals surface area contributed by atoms with Gasteiger partial charge in [0.1, 0.15) is 5.69 Å². The van der Waals surface area contributed by atoms with Crippen LogP contribution in [0.1, 0.15) is 24.3 Å². The zero-order valence-electron chi connectivity index (χ0n) is 16.0. The van der Waals surface area contributed by atoms with Gasteiger partial charge < -0.3 is 9.80 Å². The first-order valence-corrected chi connectivity index (χ1v) is 9.52. The van der Waals surface area contributed by atoms with E-state index in [9.17, 15) is 9.59 Å². The molecule has 1 aliphatic rings. The van der Waals surface area contributed by atoms with Crippen LogP contribution in [-0.4, -0.2) is 82.5 Å². The molecule has 7 nitrogen and oxygen atoms in total. The maximum Gasteiger partial charge on any atom is 0.271 e. The van der Waals surface area contributed by atoms with Crippen molar-refractivity contribution in [3.8, 4) is 11.3 Å². The molecule has 3 rings (SSSR count). The van der Waals surface area contributed by atoms with Crippen molar-refractivity contribution in [2.45, 2.75) is 13.8 Å². The Bertz CT molecular complexity index is 762. The summed E-state index contributed by atoms with van der Waals surface area (Å²) < 4.78 is 0. The molecule has 1 aliphatic heterocycles. The predicted molar refractivity (Wildman–Crippen MR) is 104 cm³/mol. The molecular weight excluding hydrogens is 342 g/mol. The Hall–Kier alpha value is -2.67. The standard InChI is InChI=1S/C20H27N5O2/c1-3-24(4-2)19(26)15-23-10-12-25(13-11-23)20(27)18-14-17(21-22-18)16-8-6-5-7-9-16/h5-9,14H,3-4,10-13,15H2,1-2H3,(H,21,22). The van der Waals surface area contributed by atoms with Gasteiger partial charge in [0.15, 0.2) is 0 Å². The normalized spacial score (nSPS) is 15.0. The molecule has 0 radical (unpaired) electrons. The molecule has 1 saturated heterocycles. The number of nitrogens with one attached hydrogen (secondary N) is 1. The van der Waals surface area contributed by atoms with Gasteiger partial charge in [-0.05, 0) is 19.9 Å². The predicted octanol–water partition coefficient (Wildman–Crippen LogP) is 1.70. The van der Waals surface area contributed by atoms with Crippen LogP contribution in [0.5, 0.6) is 0 Å². The van der Waals surface area contributed by atoms with Crippen molar-refractivity contribution in [3.05, 3.63) is 42.1 Å². The lowest BCUT2D eigenvalue weighted by atomic mass is 10.1. The molecule has 2 aromatic rings. The van der Waals surface area contributed by atoms with E-state index < -0.39 is 0 Å². The van der Waals surface area contributed by atoms with E-state index >= 15 is 0 Å². The van der Waals surface area contributed by atoms with Crippen LogP contribution in [0.4, 0.5) is 0 Å². The lowest BCUT2D eigenvalue weighted by molar-refractivity contribution is -0.132. The number of carbonyl (C=O) groups is 2. The molecule has 1 aromatic carbocycles. The Kier molecular flexibility index (Phi) is 6.24. The number of nitrogens with zero attached hydrogens (tertiary/aromatic N) is 4. The van der Waals surface area contributed by atoms with E-state index in [0.29, 0.717) is 38.4 Å². The highest BCUT2D eigenvalue weighted by molar-refractivity contribution is 5.93. The molecule has 1 aromatic heterocycles. The maximum absolute atomic E-state index is 12.7. The van der Waals surface area contributed by atoms with Gasteiger partial charge >= 0.3 is 0 Å². The second-order valence-corrected chi connectivity index (χ2v) is 6.67. The first-order chi connectivity index (χ1) is 13.1. The lowest BCUT2D eigenvalue weighted by Crippen LogP contribution is -2.51. The van der Waals surface area contributed by atoms with Crippen LogP contribution in [0.2, 0.25) is 0 Å². The molecule has 0 spiro atoms. The third-order valence-electron chi connectivity index (χ3n) is 5.01. The van der Waals surface area contributed by atoms with Gasteiger partial charge in [-0.2, -0.15) is 5.10 Å². The summed E-state index contributed by atoms with van der Waals surface area (Å²) in [6.07, 6.45) is 0. The number of aromatic amines is 1. The van der Waals surface area contributed by atoms with Crippen molar-refractivity contribution in [2.24, 2.45) is 0 Å². The van der Waals surface area contributed by atoms with Crippen LogP contribution in [0.15, 0.2) is 36.4 Å². The minimum atomic E-state index is -0.0422. The number of piperazine rings is 1. The molecule has 0 aliphatic carbocycles. The van der Waals surface area contributed by atoms with Gasteiger partial charge in [0.05, 0.1) is 12.2 Å². The molecule has 0 unspecified atom stereocenters. The van der Waals surface area contributed by atoms with Crippen molar-refractivity contribution in [1.29, 1.82) is 0 Å². The van der Waals surface area contributed by atoms with Crippen LogP contribution >= 0.6 is 0 Å². The van der Waals surface area contributed by atoms with E-state index in [-0.39, 0.29) is 11.8 Å². The van der Waals surface area contributed by atoms with Gasteiger partial charge in [-0.15, -0.1) is 0 Å². The Morgan fingerprint density at radius 1 is 1.07 bits per heavy atom. The summed E-state index contributed by atoms with van der Waals surface area (Å²) in [5.41, 5.74) is 2.25. The second kappa shape index (κ2) is 8.81. The highest BCUT2D eigenvalue weighted by Crippen LogP contribution is 2.18. The zero-order valence-corrected chi connectivity index (χ0v) is 16.0. The first-order valence-electron chi connectivity index (χ1n) is 9.52. The van der Waals surface area contributed by atoms with Crippen LogP contribution in [0.3, 0.4) is 0 Å². The SMILES string of the molecule is CCN(CC)C(=O)CN1CCN(C(=O)c2cc(-c3ccccc3)n[nH]2)CC1. The fourth-order valence-electron chi connectivity index (χ4n) is 3.34. The van der Waals surface area contributed by atoms with Crippen molar-refractivity contribution < 1.29 is 9.59 Å². The number of amides is 2. The monoisotopic (exact) mass is 369 g/mol. The number of carbonyl (C=O) groups excluding carboxylic acids is 2. The number of aromatic nitrogens is 2. The third kappa shape index (κ3) is 4.54. The van der Waals surface area contributed by atoms with Crippen LogP contribution in [0.25, 0.3) is 11.3 Å². The highest BCUT2D eigenvalue weighted by Gasteiger charge is 2.25. The minimum absolute atomic E-state index is 0.0422.